The predicted molar refractivity (Wildman–Crippen MR) is 96.5 cm³/mol. The van der Waals surface area contributed by atoms with E-state index in [9.17, 15) is 4.79 Å². The molecule has 108 valence electrons. The van der Waals surface area contributed by atoms with Gasteiger partial charge in [-0.1, -0.05) is 55.6 Å². The van der Waals surface area contributed by atoms with Crippen molar-refractivity contribution in [2.24, 2.45) is 0 Å². The number of aromatic amines is 2. The zero-order valence-corrected chi connectivity index (χ0v) is 15.9. The molecule has 2 aromatic carbocycles. The van der Waals surface area contributed by atoms with Gasteiger partial charge in [0.15, 0.2) is 0 Å². The zero-order chi connectivity index (χ0) is 15.1. The molecule has 0 saturated heterocycles. The van der Waals surface area contributed by atoms with E-state index in [0.29, 0.717) is 5.02 Å². The van der Waals surface area contributed by atoms with Gasteiger partial charge >= 0.3 is 5.69 Å². The third-order valence-corrected chi connectivity index (χ3v) is 6.14. The maximum absolute atomic E-state index is 11.4. The molecule has 3 rings (SSSR count). The van der Waals surface area contributed by atoms with E-state index >= 15 is 0 Å². The van der Waals surface area contributed by atoms with E-state index in [1.807, 2.05) is 30.3 Å². The Labute approximate surface area is 150 Å². The molecule has 0 aliphatic heterocycles. The van der Waals surface area contributed by atoms with Crippen molar-refractivity contribution >= 4 is 70.4 Å². The molecule has 0 aliphatic carbocycles. The van der Waals surface area contributed by atoms with E-state index in [0.717, 1.165) is 31.1 Å². The normalized spacial score (nSPS) is 12.8. The summed E-state index contributed by atoms with van der Waals surface area (Å²) in [5.41, 5.74) is 3.23. The molecule has 1 aromatic heterocycles. The van der Waals surface area contributed by atoms with Crippen LogP contribution in [0.4, 0.5) is 0 Å². The summed E-state index contributed by atoms with van der Waals surface area (Å²) < 4.78 is 1.74. The fourth-order valence-corrected chi connectivity index (χ4v) is 4.54. The lowest BCUT2D eigenvalue weighted by atomic mass is 10.0. The standard InChI is InChI=1S/C14H8Br3ClN2O/c15-8-3-1-2-6(13(8)18)12(17)7-4-10-11(5-9(7)16)20-14(21)19-10/h1-5,12H,(H2,19,20,21). The molecule has 3 aromatic rings. The first-order valence-electron chi connectivity index (χ1n) is 5.97. The minimum absolute atomic E-state index is 0.0975. The van der Waals surface area contributed by atoms with Crippen LogP contribution in [0.25, 0.3) is 11.0 Å². The minimum Gasteiger partial charge on any atom is -0.306 e. The molecular weight excluding hydrogens is 487 g/mol. The number of imidazole rings is 1. The monoisotopic (exact) mass is 492 g/mol. The minimum atomic E-state index is -0.222. The van der Waals surface area contributed by atoms with Gasteiger partial charge in [0, 0.05) is 8.95 Å². The molecule has 0 fully saturated rings. The number of alkyl halides is 1. The molecule has 0 bridgehead atoms. The van der Waals surface area contributed by atoms with Gasteiger partial charge in [-0.3, -0.25) is 0 Å². The zero-order valence-electron chi connectivity index (χ0n) is 10.4. The lowest BCUT2D eigenvalue weighted by molar-refractivity contribution is 1.16. The summed E-state index contributed by atoms with van der Waals surface area (Å²) in [6, 6.07) is 9.59. The third-order valence-electron chi connectivity index (χ3n) is 3.16. The van der Waals surface area contributed by atoms with Crippen molar-refractivity contribution in [1.29, 1.82) is 0 Å². The van der Waals surface area contributed by atoms with Crippen molar-refractivity contribution in [2.45, 2.75) is 4.83 Å². The Morgan fingerprint density at radius 1 is 1.00 bits per heavy atom. The SMILES string of the molecule is O=c1[nH]c2cc(Br)c(C(Br)c3cccc(Br)c3Cl)cc2[nH]1. The first-order chi connectivity index (χ1) is 9.97. The number of fused-ring (bicyclic) bond motifs is 1. The van der Waals surface area contributed by atoms with Gasteiger partial charge in [0.05, 0.1) is 20.9 Å². The smallest absolute Gasteiger partial charge is 0.306 e. The third kappa shape index (κ3) is 2.86. The topological polar surface area (TPSA) is 48.6 Å². The van der Waals surface area contributed by atoms with Crippen molar-refractivity contribution in [3.8, 4) is 0 Å². The largest absolute Gasteiger partial charge is 0.323 e. The molecule has 0 saturated carbocycles. The second kappa shape index (κ2) is 5.91. The predicted octanol–water partition coefficient (Wildman–Crippen LogP) is 5.52. The van der Waals surface area contributed by atoms with Gasteiger partial charge in [-0.25, -0.2) is 4.79 Å². The summed E-state index contributed by atoms with van der Waals surface area (Å²) in [6.07, 6.45) is 0. The van der Waals surface area contributed by atoms with Crippen LogP contribution in [0, 0.1) is 0 Å². The molecule has 3 nitrogen and oxygen atoms in total. The average Bonchev–Trinajstić information content (AvgIpc) is 2.79. The summed E-state index contributed by atoms with van der Waals surface area (Å²) in [5, 5.41) is 0.661. The van der Waals surface area contributed by atoms with Gasteiger partial charge in [-0.05, 0) is 45.3 Å². The molecule has 1 unspecified atom stereocenters. The molecule has 21 heavy (non-hydrogen) atoms. The van der Waals surface area contributed by atoms with Crippen molar-refractivity contribution in [1.82, 2.24) is 9.97 Å². The number of H-pyrrole nitrogens is 2. The Bertz CT molecular complexity index is 888. The Morgan fingerprint density at radius 2 is 1.67 bits per heavy atom. The highest BCUT2D eigenvalue weighted by molar-refractivity contribution is 9.11. The highest BCUT2D eigenvalue weighted by atomic mass is 79.9. The highest BCUT2D eigenvalue weighted by Crippen LogP contribution is 2.41. The van der Waals surface area contributed by atoms with Crippen molar-refractivity contribution < 1.29 is 0 Å². The number of nitrogens with one attached hydrogen (secondary N) is 2. The number of aromatic nitrogens is 2. The molecule has 7 heteroatoms. The molecule has 2 N–H and O–H groups in total. The van der Waals surface area contributed by atoms with Crippen LogP contribution >= 0.6 is 59.4 Å². The van der Waals surface area contributed by atoms with E-state index in [1.165, 1.54) is 0 Å². The number of rotatable bonds is 2. The van der Waals surface area contributed by atoms with Crippen LogP contribution in [0.3, 0.4) is 0 Å². The maximum atomic E-state index is 11.4. The Kier molecular flexibility index (Phi) is 4.32. The Balaban J connectivity index is 2.16. The average molecular weight is 495 g/mol. The van der Waals surface area contributed by atoms with Crippen molar-refractivity contribution in [2.75, 3.05) is 0 Å². The molecule has 0 aliphatic rings. The molecule has 0 amide bonds. The number of halogens is 4. The summed E-state index contributed by atoms with van der Waals surface area (Å²) in [6.45, 7) is 0. The molecular formula is C14H8Br3ClN2O. The molecule has 1 atom stereocenters. The Morgan fingerprint density at radius 3 is 2.38 bits per heavy atom. The van der Waals surface area contributed by atoms with E-state index in [-0.39, 0.29) is 10.5 Å². The Hall–Kier alpha value is -0.560. The van der Waals surface area contributed by atoms with E-state index in [2.05, 4.69) is 57.8 Å². The van der Waals surface area contributed by atoms with Crippen LogP contribution in [-0.4, -0.2) is 9.97 Å². The van der Waals surface area contributed by atoms with Gasteiger partial charge in [-0.2, -0.15) is 0 Å². The van der Waals surface area contributed by atoms with Crippen LogP contribution in [0.1, 0.15) is 16.0 Å². The summed E-state index contributed by atoms with van der Waals surface area (Å²) in [5.74, 6) is 0. The van der Waals surface area contributed by atoms with E-state index in [1.54, 1.807) is 0 Å². The first-order valence-corrected chi connectivity index (χ1v) is 8.84. The van der Waals surface area contributed by atoms with Gasteiger partial charge in [-0.15, -0.1) is 0 Å². The lowest BCUT2D eigenvalue weighted by Crippen LogP contribution is -1.99. The number of hydrogen-bond acceptors (Lipinski definition) is 1. The fraction of sp³-hybridized carbons (Fsp3) is 0.0714. The lowest BCUT2D eigenvalue weighted by Gasteiger charge is -2.15. The van der Waals surface area contributed by atoms with Gasteiger partial charge < -0.3 is 9.97 Å². The molecule has 0 spiro atoms. The molecule has 0 radical (unpaired) electrons. The van der Waals surface area contributed by atoms with Gasteiger partial charge in [0.1, 0.15) is 0 Å². The van der Waals surface area contributed by atoms with Crippen molar-refractivity contribution in [3.05, 3.63) is 65.9 Å². The highest BCUT2D eigenvalue weighted by Gasteiger charge is 2.19. The maximum Gasteiger partial charge on any atom is 0.323 e. The second-order valence-electron chi connectivity index (χ2n) is 4.50. The summed E-state index contributed by atoms with van der Waals surface area (Å²) >= 11 is 17.0. The van der Waals surface area contributed by atoms with Crippen molar-refractivity contribution in [3.63, 3.8) is 0 Å². The van der Waals surface area contributed by atoms with E-state index < -0.39 is 0 Å². The second-order valence-corrected chi connectivity index (χ2v) is 7.51. The number of benzene rings is 2. The van der Waals surface area contributed by atoms with Gasteiger partial charge in [0.2, 0.25) is 0 Å². The van der Waals surface area contributed by atoms with Crippen LogP contribution < -0.4 is 5.69 Å². The van der Waals surface area contributed by atoms with Crippen LogP contribution in [0.5, 0.6) is 0 Å². The van der Waals surface area contributed by atoms with E-state index in [4.69, 9.17) is 11.6 Å². The molecule has 1 heterocycles. The summed E-state index contributed by atoms with van der Waals surface area (Å²) in [7, 11) is 0. The summed E-state index contributed by atoms with van der Waals surface area (Å²) in [4.78, 5) is 16.8. The fourth-order valence-electron chi connectivity index (χ4n) is 2.15. The van der Waals surface area contributed by atoms with Crippen LogP contribution in [-0.2, 0) is 0 Å². The van der Waals surface area contributed by atoms with Crippen LogP contribution in [0.15, 0.2) is 44.1 Å². The quantitative estimate of drug-likeness (QED) is 0.452. The number of hydrogen-bond donors (Lipinski definition) is 2. The first kappa shape index (κ1) is 15.3. The van der Waals surface area contributed by atoms with Crippen LogP contribution in [0.2, 0.25) is 5.02 Å². The van der Waals surface area contributed by atoms with Gasteiger partial charge in [0.25, 0.3) is 0 Å².